The Morgan fingerprint density at radius 2 is 0.935 bits per heavy atom. The predicted octanol–water partition coefficient (Wildman–Crippen LogP) is 8.39. The SMILES string of the molecule is CC(C)(C1=CCCC=C1)c1ccc(Cc2ccc(C(C)(C)C3=CCCC=C3)cc2)cc1. The highest BCUT2D eigenvalue weighted by molar-refractivity contribution is 5.44. The van der Waals surface area contributed by atoms with Gasteiger partial charge in [0.25, 0.3) is 0 Å². The number of benzene rings is 2. The van der Waals surface area contributed by atoms with Crippen LogP contribution in [0.15, 0.2) is 96.1 Å². The molecule has 0 saturated heterocycles. The highest BCUT2D eigenvalue weighted by atomic mass is 14.3. The van der Waals surface area contributed by atoms with Gasteiger partial charge in [-0.1, -0.05) is 113 Å². The maximum absolute atomic E-state index is 2.40. The molecule has 0 N–H and O–H groups in total. The lowest BCUT2D eigenvalue weighted by Gasteiger charge is -2.29. The highest BCUT2D eigenvalue weighted by Crippen LogP contribution is 2.36. The van der Waals surface area contributed by atoms with E-state index in [9.17, 15) is 0 Å². The van der Waals surface area contributed by atoms with Crippen molar-refractivity contribution in [2.45, 2.75) is 70.6 Å². The fourth-order valence-corrected chi connectivity index (χ4v) is 4.80. The van der Waals surface area contributed by atoms with Crippen LogP contribution in [0.3, 0.4) is 0 Å². The molecule has 0 radical (unpaired) electrons. The van der Waals surface area contributed by atoms with Crippen molar-refractivity contribution in [1.29, 1.82) is 0 Å². The minimum Gasteiger partial charge on any atom is -0.0839 e. The molecule has 2 aromatic rings. The van der Waals surface area contributed by atoms with Gasteiger partial charge in [0.2, 0.25) is 0 Å². The van der Waals surface area contributed by atoms with E-state index in [1.165, 1.54) is 46.2 Å². The second-order valence-corrected chi connectivity index (χ2v) is 10.1. The molecule has 0 atom stereocenters. The van der Waals surface area contributed by atoms with Gasteiger partial charge in [0, 0.05) is 10.8 Å². The first-order valence-electron chi connectivity index (χ1n) is 11.8. The Balaban J connectivity index is 1.46. The van der Waals surface area contributed by atoms with E-state index in [0.717, 1.165) is 19.3 Å². The molecule has 0 fully saturated rings. The molecule has 31 heavy (non-hydrogen) atoms. The van der Waals surface area contributed by atoms with Crippen molar-refractivity contribution in [3.8, 4) is 0 Å². The Hall–Kier alpha value is -2.60. The van der Waals surface area contributed by atoms with E-state index in [4.69, 9.17) is 0 Å². The van der Waals surface area contributed by atoms with Gasteiger partial charge >= 0.3 is 0 Å². The summed E-state index contributed by atoms with van der Waals surface area (Å²) in [4.78, 5) is 0. The summed E-state index contributed by atoms with van der Waals surface area (Å²) in [6.45, 7) is 9.34. The summed E-state index contributed by atoms with van der Waals surface area (Å²) < 4.78 is 0. The normalized spacial score (nSPS) is 16.8. The Labute approximate surface area is 189 Å². The Morgan fingerprint density at radius 1 is 0.548 bits per heavy atom. The average molecular weight is 409 g/mol. The van der Waals surface area contributed by atoms with E-state index in [-0.39, 0.29) is 10.8 Å². The molecule has 2 aliphatic rings. The zero-order valence-electron chi connectivity index (χ0n) is 19.6. The quantitative estimate of drug-likeness (QED) is 0.450. The Kier molecular flexibility index (Phi) is 6.19. The van der Waals surface area contributed by atoms with Crippen molar-refractivity contribution in [3.05, 3.63) is 118 Å². The van der Waals surface area contributed by atoms with Crippen LogP contribution >= 0.6 is 0 Å². The van der Waals surface area contributed by atoms with Crippen LogP contribution in [0.5, 0.6) is 0 Å². The third-order valence-electron chi connectivity index (χ3n) is 7.19. The molecule has 2 aliphatic carbocycles. The molecule has 0 heteroatoms. The van der Waals surface area contributed by atoms with Crippen molar-refractivity contribution >= 4 is 0 Å². The van der Waals surface area contributed by atoms with E-state index in [1.54, 1.807) is 0 Å². The van der Waals surface area contributed by atoms with Gasteiger partial charge in [-0.25, -0.2) is 0 Å². The van der Waals surface area contributed by atoms with E-state index in [2.05, 4.69) is 113 Å². The molecule has 2 aromatic carbocycles. The summed E-state index contributed by atoms with van der Waals surface area (Å²) in [5.74, 6) is 0. The van der Waals surface area contributed by atoms with Crippen molar-refractivity contribution in [2.75, 3.05) is 0 Å². The summed E-state index contributed by atoms with van der Waals surface area (Å²) in [6.07, 6.45) is 19.7. The average Bonchev–Trinajstić information content (AvgIpc) is 2.81. The zero-order chi connectivity index (χ0) is 21.9. The van der Waals surface area contributed by atoms with Crippen molar-refractivity contribution in [1.82, 2.24) is 0 Å². The fourth-order valence-electron chi connectivity index (χ4n) is 4.80. The molecule has 0 saturated carbocycles. The standard InChI is InChI=1S/C31H36/c1-30(2,26-11-7-5-8-12-26)28-19-15-24(16-20-28)23-25-17-21-29(22-18-25)31(3,4)27-13-9-6-10-14-27/h7,9,11-22H,5-6,8,10,23H2,1-4H3. The largest absolute Gasteiger partial charge is 0.0839 e. The lowest BCUT2D eigenvalue weighted by molar-refractivity contribution is 0.631. The van der Waals surface area contributed by atoms with Crippen LogP contribution < -0.4 is 0 Å². The number of hydrogen-bond acceptors (Lipinski definition) is 0. The van der Waals surface area contributed by atoms with Gasteiger partial charge in [-0.15, -0.1) is 0 Å². The van der Waals surface area contributed by atoms with Crippen molar-refractivity contribution in [2.24, 2.45) is 0 Å². The van der Waals surface area contributed by atoms with Crippen molar-refractivity contribution < 1.29 is 0 Å². The molecule has 0 aromatic heterocycles. The maximum Gasteiger partial charge on any atom is 0.0143 e. The molecule has 0 unspecified atom stereocenters. The van der Waals surface area contributed by atoms with Gasteiger partial charge in [-0.3, -0.25) is 0 Å². The van der Waals surface area contributed by atoms with Crippen LogP contribution in [0.25, 0.3) is 0 Å². The monoisotopic (exact) mass is 408 g/mol. The van der Waals surface area contributed by atoms with Gasteiger partial charge in [-0.05, 0) is 65.5 Å². The van der Waals surface area contributed by atoms with Gasteiger partial charge < -0.3 is 0 Å². The van der Waals surface area contributed by atoms with E-state index < -0.39 is 0 Å². The van der Waals surface area contributed by atoms with Crippen LogP contribution in [0.2, 0.25) is 0 Å². The third kappa shape index (κ3) is 4.69. The predicted molar refractivity (Wildman–Crippen MR) is 135 cm³/mol. The fraction of sp³-hybridized carbons (Fsp3) is 0.355. The van der Waals surface area contributed by atoms with Crippen LogP contribution in [-0.4, -0.2) is 0 Å². The van der Waals surface area contributed by atoms with Crippen molar-refractivity contribution in [3.63, 3.8) is 0 Å². The summed E-state index contributed by atoms with van der Waals surface area (Å²) in [6, 6.07) is 18.5. The minimum absolute atomic E-state index is 0.0604. The van der Waals surface area contributed by atoms with E-state index in [0.29, 0.717) is 0 Å². The van der Waals surface area contributed by atoms with E-state index in [1.807, 2.05) is 0 Å². The van der Waals surface area contributed by atoms with Gasteiger partial charge in [-0.2, -0.15) is 0 Å². The first-order valence-corrected chi connectivity index (χ1v) is 11.8. The molecule has 4 rings (SSSR count). The summed E-state index contributed by atoms with van der Waals surface area (Å²) in [7, 11) is 0. The second kappa shape index (κ2) is 8.87. The first kappa shape index (κ1) is 21.6. The molecule has 0 spiro atoms. The molecular weight excluding hydrogens is 372 g/mol. The summed E-state index contributed by atoms with van der Waals surface area (Å²) in [5.41, 5.74) is 8.52. The Morgan fingerprint density at radius 3 is 1.26 bits per heavy atom. The Bertz CT molecular complexity index is 933. The molecular formula is C31H36. The molecule has 0 amide bonds. The van der Waals surface area contributed by atoms with Crippen LogP contribution in [0, 0.1) is 0 Å². The minimum atomic E-state index is 0.0604. The topological polar surface area (TPSA) is 0 Å². The number of hydrogen-bond donors (Lipinski definition) is 0. The summed E-state index contributed by atoms with van der Waals surface area (Å²) in [5, 5.41) is 0. The van der Waals surface area contributed by atoms with Crippen LogP contribution in [0.1, 0.15) is 75.6 Å². The molecule has 0 aliphatic heterocycles. The summed E-state index contributed by atoms with van der Waals surface area (Å²) >= 11 is 0. The molecule has 160 valence electrons. The molecule has 0 nitrogen and oxygen atoms in total. The molecule has 0 bridgehead atoms. The number of rotatable bonds is 6. The van der Waals surface area contributed by atoms with Gasteiger partial charge in [0.05, 0.1) is 0 Å². The highest BCUT2D eigenvalue weighted by Gasteiger charge is 2.25. The van der Waals surface area contributed by atoms with Crippen LogP contribution in [-0.2, 0) is 17.3 Å². The zero-order valence-corrected chi connectivity index (χ0v) is 19.6. The van der Waals surface area contributed by atoms with Crippen LogP contribution in [0.4, 0.5) is 0 Å². The lowest BCUT2D eigenvalue weighted by atomic mass is 9.75. The smallest absolute Gasteiger partial charge is 0.0143 e. The first-order chi connectivity index (χ1) is 14.9. The van der Waals surface area contributed by atoms with E-state index >= 15 is 0 Å². The number of allylic oxidation sites excluding steroid dienone is 8. The van der Waals surface area contributed by atoms with Gasteiger partial charge in [0.1, 0.15) is 0 Å². The van der Waals surface area contributed by atoms with Gasteiger partial charge in [0.15, 0.2) is 0 Å². The lowest BCUT2D eigenvalue weighted by Crippen LogP contribution is -2.20. The molecule has 0 heterocycles. The second-order valence-electron chi connectivity index (χ2n) is 10.1. The third-order valence-corrected chi connectivity index (χ3v) is 7.19. The maximum atomic E-state index is 2.40.